The molecule has 0 saturated carbocycles. The van der Waals surface area contributed by atoms with Crippen molar-refractivity contribution in [1.82, 2.24) is 0 Å². The monoisotopic (exact) mass is 405 g/mol. The van der Waals surface area contributed by atoms with Gasteiger partial charge in [0.2, 0.25) is 0 Å². The first kappa shape index (κ1) is 20.3. The lowest BCUT2D eigenvalue weighted by atomic mass is 10.0. The first-order valence-electron chi connectivity index (χ1n) is 8.76. The van der Waals surface area contributed by atoms with Crippen LogP contribution in [0, 0.1) is 20.2 Å². The minimum atomic E-state index is -0.959. The molecular weight excluding hydrogens is 390 g/mol. The van der Waals surface area contributed by atoms with E-state index in [2.05, 4.69) is 5.16 Å². The van der Waals surface area contributed by atoms with Crippen LogP contribution in [0.4, 0.5) is 11.4 Å². The lowest BCUT2D eigenvalue weighted by Gasteiger charge is -2.07. The van der Waals surface area contributed by atoms with Gasteiger partial charge in [0, 0.05) is 24.6 Å². The normalized spacial score (nSPS) is 11.0. The number of oxime groups is 1. The Morgan fingerprint density at radius 2 is 1.47 bits per heavy atom. The quantitative estimate of drug-likeness (QED) is 0.250. The molecule has 0 aliphatic carbocycles. The summed E-state index contributed by atoms with van der Waals surface area (Å²) in [6, 6.07) is 20.2. The Morgan fingerprint density at radius 1 is 0.833 bits per heavy atom. The molecule has 0 N–H and O–H groups in total. The van der Waals surface area contributed by atoms with Crippen LogP contribution in [0.1, 0.15) is 21.5 Å². The maximum Gasteiger partial charge on any atom is 0.372 e. The average Bonchev–Trinajstić information content (AvgIpc) is 2.77. The van der Waals surface area contributed by atoms with Crippen LogP contribution in [-0.4, -0.2) is 21.5 Å². The smallest absolute Gasteiger partial charge is 0.312 e. The number of non-ortho nitro benzene ring substituents is 1. The molecule has 3 rings (SSSR count). The fraction of sp³-hybridized carbons (Fsp3) is 0.0476. The highest BCUT2D eigenvalue weighted by atomic mass is 16.7. The SMILES string of the molecule is O=C(O/N=C(\Cc1ccc([N+](=O)[O-])cc1)c1ccccc1)c1ccccc1[N+](=O)[O-]. The predicted molar refractivity (Wildman–Crippen MR) is 108 cm³/mol. The topological polar surface area (TPSA) is 125 Å². The van der Waals surface area contributed by atoms with E-state index in [0.717, 1.165) is 0 Å². The lowest BCUT2D eigenvalue weighted by Crippen LogP contribution is -2.10. The number of hydrogen-bond acceptors (Lipinski definition) is 7. The summed E-state index contributed by atoms with van der Waals surface area (Å²) < 4.78 is 0. The van der Waals surface area contributed by atoms with Gasteiger partial charge in [0.25, 0.3) is 11.4 Å². The molecule has 0 fully saturated rings. The average molecular weight is 405 g/mol. The zero-order chi connectivity index (χ0) is 21.5. The molecule has 0 radical (unpaired) electrons. The summed E-state index contributed by atoms with van der Waals surface area (Å²) >= 11 is 0. The number of nitro groups is 2. The maximum absolute atomic E-state index is 12.4. The Kier molecular flexibility index (Phi) is 6.23. The van der Waals surface area contributed by atoms with Crippen molar-refractivity contribution in [3.8, 4) is 0 Å². The van der Waals surface area contributed by atoms with Crippen LogP contribution < -0.4 is 0 Å². The third kappa shape index (κ3) is 4.90. The number of hydrogen-bond donors (Lipinski definition) is 0. The summed E-state index contributed by atoms with van der Waals surface area (Å²) in [6.07, 6.45) is 0.228. The van der Waals surface area contributed by atoms with Crippen LogP contribution in [0.5, 0.6) is 0 Å². The van der Waals surface area contributed by atoms with Gasteiger partial charge in [-0.1, -0.05) is 59.8 Å². The molecule has 150 valence electrons. The van der Waals surface area contributed by atoms with E-state index in [9.17, 15) is 25.0 Å². The van der Waals surface area contributed by atoms with E-state index in [0.29, 0.717) is 16.8 Å². The second-order valence-corrected chi connectivity index (χ2v) is 6.16. The molecule has 0 heterocycles. The molecular formula is C21H15N3O6. The van der Waals surface area contributed by atoms with Gasteiger partial charge < -0.3 is 4.84 Å². The van der Waals surface area contributed by atoms with Crippen molar-refractivity contribution in [2.24, 2.45) is 5.16 Å². The number of benzene rings is 3. The van der Waals surface area contributed by atoms with Gasteiger partial charge in [-0.2, -0.15) is 0 Å². The van der Waals surface area contributed by atoms with Crippen molar-refractivity contribution in [3.63, 3.8) is 0 Å². The minimum absolute atomic E-state index is 0.0419. The van der Waals surface area contributed by atoms with Crippen molar-refractivity contribution < 1.29 is 19.5 Å². The van der Waals surface area contributed by atoms with Gasteiger partial charge in [0.1, 0.15) is 5.56 Å². The molecule has 30 heavy (non-hydrogen) atoms. The van der Waals surface area contributed by atoms with E-state index in [1.54, 1.807) is 36.4 Å². The molecule has 0 bridgehead atoms. The molecule has 0 aromatic heterocycles. The zero-order valence-electron chi connectivity index (χ0n) is 15.5. The van der Waals surface area contributed by atoms with Gasteiger partial charge in [-0.3, -0.25) is 20.2 Å². The zero-order valence-corrected chi connectivity index (χ0v) is 15.5. The molecule has 9 heteroatoms. The summed E-state index contributed by atoms with van der Waals surface area (Å²) in [5.41, 5.74) is 1.13. The Hall–Kier alpha value is -4.40. The van der Waals surface area contributed by atoms with Crippen molar-refractivity contribution in [3.05, 3.63) is 116 Å². The molecule has 0 unspecified atom stereocenters. The Bertz CT molecular complexity index is 1110. The van der Waals surface area contributed by atoms with Gasteiger partial charge in [0.05, 0.1) is 15.6 Å². The highest BCUT2D eigenvalue weighted by Gasteiger charge is 2.21. The Labute approximate surface area is 170 Å². The Morgan fingerprint density at radius 3 is 2.10 bits per heavy atom. The molecule has 0 amide bonds. The van der Waals surface area contributed by atoms with Gasteiger partial charge >= 0.3 is 5.97 Å². The van der Waals surface area contributed by atoms with Crippen LogP contribution in [0.25, 0.3) is 0 Å². The lowest BCUT2D eigenvalue weighted by molar-refractivity contribution is -0.385. The summed E-state index contributed by atoms with van der Waals surface area (Å²) in [7, 11) is 0. The third-order valence-corrected chi connectivity index (χ3v) is 4.19. The van der Waals surface area contributed by atoms with E-state index in [-0.39, 0.29) is 23.4 Å². The van der Waals surface area contributed by atoms with Crippen molar-refractivity contribution in [1.29, 1.82) is 0 Å². The van der Waals surface area contributed by atoms with Crippen LogP contribution >= 0.6 is 0 Å². The van der Waals surface area contributed by atoms with Crippen LogP contribution in [0.2, 0.25) is 0 Å². The fourth-order valence-corrected chi connectivity index (χ4v) is 2.70. The van der Waals surface area contributed by atoms with Gasteiger partial charge in [0.15, 0.2) is 0 Å². The van der Waals surface area contributed by atoms with E-state index in [1.165, 1.54) is 36.4 Å². The van der Waals surface area contributed by atoms with Crippen molar-refractivity contribution in [2.75, 3.05) is 0 Å². The van der Waals surface area contributed by atoms with Gasteiger partial charge in [-0.15, -0.1) is 0 Å². The van der Waals surface area contributed by atoms with Crippen LogP contribution in [0.3, 0.4) is 0 Å². The van der Waals surface area contributed by atoms with E-state index in [4.69, 9.17) is 4.84 Å². The van der Waals surface area contributed by atoms with E-state index in [1.807, 2.05) is 6.07 Å². The molecule has 9 nitrogen and oxygen atoms in total. The van der Waals surface area contributed by atoms with Crippen LogP contribution in [-0.2, 0) is 11.3 Å². The highest BCUT2D eigenvalue weighted by Crippen LogP contribution is 2.19. The number of carbonyl (C=O) groups excluding carboxylic acids is 1. The van der Waals surface area contributed by atoms with Crippen molar-refractivity contribution >= 4 is 23.1 Å². The van der Waals surface area contributed by atoms with Gasteiger partial charge in [-0.05, 0) is 17.2 Å². The second-order valence-electron chi connectivity index (χ2n) is 6.16. The summed E-state index contributed by atoms with van der Waals surface area (Å²) in [5.74, 6) is -0.959. The first-order chi connectivity index (χ1) is 14.5. The number of para-hydroxylation sites is 1. The molecule has 0 saturated heterocycles. The third-order valence-electron chi connectivity index (χ3n) is 4.19. The second kappa shape index (κ2) is 9.20. The van der Waals surface area contributed by atoms with E-state index >= 15 is 0 Å². The molecule has 0 aliphatic heterocycles. The molecule has 0 atom stereocenters. The van der Waals surface area contributed by atoms with Gasteiger partial charge in [-0.25, -0.2) is 4.79 Å². The fourth-order valence-electron chi connectivity index (χ4n) is 2.70. The maximum atomic E-state index is 12.4. The molecule has 0 spiro atoms. The van der Waals surface area contributed by atoms with E-state index < -0.39 is 15.8 Å². The number of nitro benzene ring substituents is 2. The summed E-state index contributed by atoms with van der Waals surface area (Å²) in [5, 5.41) is 25.9. The molecule has 3 aromatic rings. The Balaban J connectivity index is 1.87. The number of carbonyl (C=O) groups is 1. The summed E-state index contributed by atoms with van der Waals surface area (Å²) in [6.45, 7) is 0. The largest absolute Gasteiger partial charge is 0.372 e. The highest BCUT2D eigenvalue weighted by molar-refractivity contribution is 6.02. The molecule has 0 aliphatic rings. The predicted octanol–water partition coefficient (Wildman–Crippen LogP) is 4.31. The standard InChI is InChI=1S/C21H15N3O6/c25-21(18-8-4-5-9-20(18)24(28)29)30-22-19(16-6-2-1-3-7-16)14-15-10-12-17(13-11-15)23(26)27/h1-13H,14H2/b22-19+. The van der Waals surface area contributed by atoms with Crippen molar-refractivity contribution in [2.45, 2.75) is 6.42 Å². The molecule has 3 aromatic carbocycles. The minimum Gasteiger partial charge on any atom is -0.312 e. The first-order valence-corrected chi connectivity index (χ1v) is 8.76. The summed E-state index contributed by atoms with van der Waals surface area (Å²) in [4.78, 5) is 38.1. The van der Waals surface area contributed by atoms with Crippen LogP contribution in [0.15, 0.2) is 84.0 Å². The number of rotatable bonds is 7. The number of nitrogens with zero attached hydrogens (tertiary/aromatic N) is 3.